The van der Waals surface area contributed by atoms with Crippen LogP contribution in [0.15, 0.2) is 24.3 Å². The predicted molar refractivity (Wildman–Crippen MR) is 57.0 cm³/mol. The SMILES string of the molecule is CC(=O)O[C@H](C)C(=O)c1cccc(Cl)c1. The predicted octanol–water partition coefficient (Wildman–Crippen LogP) is 2.47. The molecule has 1 aromatic rings. The third-order valence-electron chi connectivity index (χ3n) is 1.82. The third-order valence-corrected chi connectivity index (χ3v) is 2.06. The fourth-order valence-electron chi connectivity index (χ4n) is 1.18. The summed E-state index contributed by atoms with van der Waals surface area (Å²) < 4.78 is 4.77. The Kier molecular flexibility index (Phi) is 3.86. The van der Waals surface area contributed by atoms with Gasteiger partial charge in [-0.1, -0.05) is 23.7 Å². The van der Waals surface area contributed by atoms with Gasteiger partial charge in [0.2, 0.25) is 5.78 Å². The lowest BCUT2D eigenvalue weighted by molar-refractivity contribution is -0.143. The van der Waals surface area contributed by atoms with Gasteiger partial charge in [0.25, 0.3) is 0 Å². The van der Waals surface area contributed by atoms with Crippen LogP contribution in [0.5, 0.6) is 0 Å². The van der Waals surface area contributed by atoms with Crippen molar-refractivity contribution >= 4 is 23.4 Å². The van der Waals surface area contributed by atoms with Crippen molar-refractivity contribution in [1.82, 2.24) is 0 Å². The summed E-state index contributed by atoms with van der Waals surface area (Å²) in [5, 5.41) is 0.482. The van der Waals surface area contributed by atoms with E-state index < -0.39 is 12.1 Å². The van der Waals surface area contributed by atoms with Crippen LogP contribution in [0.3, 0.4) is 0 Å². The first-order valence-electron chi connectivity index (χ1n) is 4.47. The van der Waals surface area contributed by atoms with Gasteiger partial charge in [-0.2, -0.15) is 0 Å². The molecule has 1 rings (SSSR count). The van der Waals surface area contributed by atoms with Crippen molar-refractivity contribution in [2.75, 3.05) is 0 Å². The Hall–Kier alpha value is -1.35. The summed E-state index contributed by atoms with van der Waals surface area (Å²) in [7, 11) is 0. The Bertz CT molecular complexity index is 387. The van der Waals surface area contributed by atoms with E-state index in [1.807, 2.05) is 0 Å². The molecule has 0 unspecified atom stereocenters. The Balaban J connectivity index is 2.80. The van der Waals surface area contributed by atoms with E-state index in [4.69, 9.17) is 16.3 Å². The first-order valence-corrected chi connectivity index (χ1v) is 4.85. The molecule has 3 nitrogen and oxygen atoms in total. The van der Waals surface area contributed by atoms with E-state index in [0.717, 1.165) is 0 Å². The highest BCUT2D eigenvalue weighted by Crippen LogP contribution is 2.13. The molecule has 4 heteroatoms. The van der Waals surface area contributed by atoms with Crippen LogP contribution in [0.4, 0.5) is 0 Å². The van der Waals surface area contributed by atoms with Gasteiger partial charge in [0.15, 0.2) is 6.10 Å². The van der Waals surface area contributed by atoms with Crippen molar-refractivity contribution < 1.29 is 14.3 Å². The van der Waals surface area contributed by atoms with Gasteiger partial charge in [-0.25, -0.2) is 0 Å². The van der Waals surface area contributed by atoms with E-state index in [1.165, 1.54) is 13.8 Å². The zero-order chi connectivity index (χ0) is 11.4. The quantitative estimate of drug-likeness (QED) is 0.588. The van der Waals surface area contributed by atoms with Gasteiger partial charge < -0.3 is 4.74 Å². The van der Waals surface area contributed by atoms with Crippen molar-refractivity contribution in [3.8, 4) is 0 Å². The standard InChI is InChI=1S/C11H11ClO3/c1-7(15-8(2)13)11(14)9-4-3-5-10(12)6-9/h3-7H,1-2H3/t7-/m1/s1. The highest BCUT2D eigenvalue weighted by atomic mass is 35.5. The molecule has 0 saturated carbocycles. The number of hydrogen-bond donors (Lipinski definition) is 0. The number of esters is 1. The number of hydrogen-bond acceptors (Lipinski definition) is 3. The molecule has 0 aliphatic carbocycles. The number of ketones is 1. The van der Waals surface area contributed by atoms with Crippen molar-refractivity contribution in [1.29, 1.82) is 0 Å². The molecule has 0 aliphatic rings. The van der Waals surface area contributed by atoms with Crippen LogP contribution < -0.4 is 0 Å². The van der Waals surface area contributed by atoms with Crippen molar-refractivity contribution in [2.24, 2.45) is 0 Å². The van der Waals surface area contributed by atoms with Crippen LogP contribution in [-0.4, -0.2) is 17.9 Å². The molecular weight excluding hydrogens is 216 g/mol. The normalized spacial score (nSPS) is 11.9. The molecule has 0 bridgehead atoms. The number of Topliss-reactive ketones (excluding diaryl/α,β-unsaturated/α-hetero) is 1. The summed E-state index contributed by atoms with van der Waals surface area (Å²) in [5.41, 5.74) is 0.441. The average Bonchev–Trinajstić information content (AvgIpc) is 2.15. The molecule has 0 radical (unpaired) electrons. The van der Waals surface area contributed by atoms with E-state index in [9.17, 15) is 9.59 Å². The van der Waals surface area contributed by atoms with Gasteiger partial charge in [0.05, 0.1) is 0 Å². The molecule has 0 spiro atoms. The number of rotatable bonds is 3. The van der Waals surface area contributed by atoms with E-state index >= 15 is 0 Å². The molecule has 0 fully saturated rings. The zero-order valence-electron chi connectivity index (χ0n) is 8.49. The number of halogens is 1. The van der Waals surface area contributed by atoms with Crippen molar-refractivity contribution in [2.45, 2.75) is 20.0 Å². The minimum absolute atomic E-state index is 0.257. The molecule has 0 N–H and O–H groups in total. The van der Waals surface area contributed by atoms with Crippen molar-refractivity contribution in [3.63, 3.8) is 0 Å². The van der Waals surface area contributed by atoms with Crippen molar-refractivity contribution in [3.05, 3.63) is 34.9 Å². The lowest BCUT2D eigenvalue weighted by Crippen LogP contribution is -2.23. The number of carbonyl (C=O) groups excluding carboxylic acids is 2. The summed E-state index contributed by atoms with van der Waals surface area (Å²) >= 11 is 5.74. The highest BCUT2D eigenvalue weighted by molar-refractivity contribution is 6.31. The maximum absolute atomic E-state index is 11.7. The Labute approximate surface area is 93.0 Å². The molecule has 0 amide bonds. The summed E-state index contributed by atoms with van der Waals surface area (Å²) in [4.78, 5) is 22.4. The van der Waals surface area contributed by atoms with E-state index in [0.29, 0.717) is 10.6 Å². The minimum atomic E-state index is -0.777. The Morgan fingerprint density at radius 2 is 2.07 bits per heavy atom. The lowest BCUT2D eigenvalue weighted by atomic mass is 10.1. The first kappa shape index (κ1) is 11.7. The highest BCUT2D eigenvalue weighted by Gasteiger charge is 2.17. The van der Waals surface area contributed by atoms with Gasteiger partial charge >= 0.3 is 5.97 Å². The van der Waals surface area contributed by atoms with Gasteiger partial charge in [0.1, 0.15) is 0 Å². The molecule has 0 heterocycles. The summed E-state index contributed by atoms with van der Waals surface area (Å²) in [6.07, 6.45) is -0.777. The molecule has 0 aliphatic heterocycles. The molecule has 15 heavy (non-hydrogen) atoms. The molecule has 0 aromatic heterocycles. The molecule has 0 saturated heterocycles. The second-order valence-electron chi connectivity index (χ2n) is 3.13. The first-order chi connectivity index (χ1) is 7.00. The molecule has 80 valence electrons. The second kappa shape index (κ2) is 4.94. The van der Waals surface area contributed by atoms with Gasteiger partial charge in [-0.3, -0.25) is 9.59 Å². The van der Waals surface area contributed by atoms with E-state index in [-0.39, 0.29) is 5.78 Å². The maximum Gasteiger partial charge on any atom is 0.303 e. The topological polar surface area (TPSA) is 43.4 Å². The van der Waals surface area contributed by atoms with Gasteiger partial charge in [0, 0.05) is 17.5 Å². The molecule has 1 atom stereocenters. The minimum Gasteiger partial charge on any atom is -0.454 e. The fourth-order valence-corrected chi connectivity index (χ4v) is 1.37. The molecule has 1 aromatic carbocycles. The fraction of sp³-hybridized carbons (Fsp3) is 0.273. The summed E-state index contributed by atoms with van der Waals surface area (Å²) in [5.74, 6) is -0.731. The Morgan fingerprint density at radius 3 is 2.60 bits per heavy atom. The zero-order valence-corrected chi connectivity index (χ0v) is 9.25. The maximum atomic E-state index is 11.7. The van der Waals surface area contributed by atoms with Crippen LogP contribution in [-0.2, 0) is 9.53 Å². The van der Waals surface area contributed by atoms with Crippen LogP contribution in [0.25, 0.3) is 0 Å². The Morgan fingerprint density at radius 1 is 1.40 bits per heavy atom. The number of carbonyl (C=O) groups is 2. The van der Waals surface area contributed by atoms with Crippen LogP contribution in [0.2, 0.25) is 5.02 Å². The lowest BCUT2D eigenvalue weighted by Gasteiger charge is -2.10. The second-order valence-corrected chi connectivity index (χ2v) is 3.56. The van der Waals surface area contributed by atoms with E-state index in [2.05, 4.69) is 0 Å². The average molecular weight is 227 g/mol. The largest absolute Gasteiger partial charge is 0.454 e. The number of benzene rings is 1. The van der Waals surface area contributed by atoms with E-state index in [1.54, 1.807) is 24.3 Å². The summed E-state index contributed by atoms with van der Waals surface area (Å²) in [6.45, 7) is 2.80. The molecular formula is C11H11ClO3. The van der Waals surface area contributed by atoms with Crippen LogP contribution >= 0.6 is 11.6 Å². The monoisotopic (exact) mass is 226 g/mol. The van der Waals surface area contributed by atoms with Crippen LogP contribution in [0.1, 0.15) is 24.2 Å². The van der Waals surface area contributed by atoms with Gasteiger partial charge in [-0.05, 0) is 19.1 Å². The third kappa shape index (κ3) is 3.36. The van der Waals surface area contributed by atoms with Crippen LogP contribution in [0, 0.1) is 0 Å². The number of ether oxygens (including phenoxy) is 1. The summed E-state index contributed by atoms with van der Waals surface area (Å²) in [6, 6.07) is 6.53. The smallest absolute Gasteiger partial charge is 0.303 e. The van der Waals surface area contributed by atoms with Gasteiger partial charge in [-0.15, -0.1) is 0 Å².